The second kappa shape index (κ2) is 6.52. The third-order valence-electron chi connectivity index (χ3n) is 2.57. The van der Waals surface area contributed by atoms with Gasteiger partial charge in [0.2, 0.25) is 0 Å². The van der Waals surface area contributed by atoms with Crippen LogP contribution in [0.5, 0.6) is 5.75 Å². The summed E-state index contributed by atoms with van der Waals surface area (Å²) in [7, 11) is 0. The first kappa shape index (κ1) is 13.1. The summed E-state index contributed by atoms with van der Waals surface area (Å²) in [6.45, 7) is 5.68. The van der Waals surface area contributed by atoms with E-state index in [0.29, 0.717) is 6.61 Å². The number of benzene rings is 1. The quantitative estimate of drug-likeness (QED) is 0.812. The minimum absolute atomic E-state index is 0.281. The van der Waals surface area contributed by atoms with Crippen molar-refractivity contribution in [2.75, 3.05) is 13.2 Å². The lowest BCUT2D eigenvalue weighted by atomic mass is 10.3. The van der Waals surface area contributed by atoms with E-state index >= 15 is 0 Å². The normalized spacial score (nSPS) is 12.3. The van der Waals surface area contributed by atoms with Gasteiger partial charge in [0.1, 0.15) is 17.4 Å². The zero-order valence-corrected chi connectivity index (χ0v) is 11.5. The van der Waals surface area contributed by atoms with E-state index in [0.717, 1.165) is 17.3 Å². The maximum Gasteiger partial charge on any atom is 0.119 e. The van der Waals surface area contributed by atoms with Crippen LogP contribution in [-0.4, -0.2) is 18.1 Å². The van der Waals surface area contributed by atoms with Crippen LogP contribution in [-0.2, 0) is 0 Å². The molecule has 0 saturated heterocycles. The summed E-state index contributed by atoms with van der Waals surface area (Å²) in [6.07, 6.45) is 1.92. The average molecular weight is 262 g/mol. The van der Waals surface area contributed by atoms with E-state index in [9.17, 15) is 0 Å². The molecule has 0 aliphatic carbocycles. The van der Waals surface area contributed by atoms with Crippen molar-refractivity contribution in [1.82, 2.24) is 10.3 Å². The summed E-state index contributed by atoms with van der Waals surface area (Å²) in [5, 5.41) is 4.54. The highest BCUT2D eigenvalue weighted by atomic mass is 32.1. The smallest absolute Gasteiger partial charge is 0.119 e. The van der Waals surface area contributed by atoms with E-state index in [1.54, 1.807) is 11.3 Å². The molecule has 0 aliphatic rings. The van der Waals surface area contributed by atoms with Gasteiger partial charge in [0.25, 0.3) is 0 Å². The van der Waals surface area contributed by atoms with Crippen LogP contribution in [0.2, 0.25) is 0 Å². The van der Waals surface area contributed by atoms with Crippen molar-refractivity contribution in [1.29, 1.82) is 0 Å². The van der Waals surface area contributed by atoms with E-state index in [2.05, 4.69) is 24.1 Å². The van der Waals surface area contributed by atoms with Gasteiger partial charge in [0, 0.05) is 17.6 Å². The number of ether oxygens (including phenoxy) is 1. The van der Waals surface area contributed by atoms with Crippen molar-refractivity contribution in [2.45, 2.75) is 19.9 Å². The standard InChI is InChI=1S/C14H18N2OS/c1-11-10-16-14(18-11)12(2)15-8-9-17-13-6-4-3-5-7-13/h3-7,10,12,15H,8-9H2,1-2H3. The lowest BCUT2D eigenvalue weighted by molar-refractivity contribution is 0.307. The zero-order valence-electron chi connectivity index (χ0n) is 10.7. The lowest BCUT2D eigenvalue weighted by Gasteiger charge is -2.11. The van der Waals surface area contributed by atoms with E-state index in [1.165, 1.54) is 4.88 Å². The Kier molecular flexibility index (Phi) is 4.73. The molecule has 2 aromatic rings. The van der Waals surface area contributed by atoms with Crippen molar-refractivity contribution in [3.63, 3.8) is 0 Å². The Morgan fingerprint density at radius 2 is 2.11 bits per heavy atom. The van der Waals surface area contributed by atoms with E-state index in [4.69, 9.17) is 4.74 Å². The monoisotopic (exact) mass is 262 g/mol. The fourth-order valence-corrected chi connectivity index (χ4v) is 2.42. The number of hydrogen-bond acceptors (Lipinski definition) is 4. The first-order valence-corrected chi connectivity index (χ1v) is 6.91. The number of aryl methyl sites for hydroxylation is 1. The topological polar surface area (TPSA) is 34.2 Å². The Hall–Kier alpha value is -1.39. The molecule has 1 N–H and O–H groups in total. The third kappa shape index (κ3) is 3.82. The van der Waals surface area contributed by atoms with Gasteiger partial charge in [0.15, 0.2) is 0 Å². The fraction of sp³-hybridized carbons (Fsp3) is 0.357. The van der Waals surface area contributed by atoms with Crippen LogP contribution in [0.15, 0.2) is 36.5 Å². The predicted molar refractivity (Wildman–Crippen MR) is 75.2 cm³/mol. The van der Waals surface area contributed by atoms with Crippen LogP contribution in [0.25, 0.3) is 0 Å². The highest BCUT2D eigenvalue weighted by molar-refractivity contribution is 7.11. The Morgan fingerprint density at radius 1 is 1.33 bits per heavy atom. The van der Waals surface area contributed by atoms with Gasteiger partial charge in [-0.25, -0.2) is 4.98 Å². The first-order chi connectivity index (χ1) is 8.75. The molecule has 0 amide bonds. The maximum atomic E-state index is 5.62. The van der Waals surface area contributed by atoms with Gasteiger partial charge in [-0.1, -0.05) is 18.2 Å². The second-order valence-electron chi connectivity index (χ2n) is 4.15. The molecule has 4 heteroatoms. The predicted octanol–water partition coefficient (Wildman–Crippen LogP) is 3.18. The van der Waals surface area contributed by atoms with Gasteiger partial charge in [0.05, 0.1) is 6.04 Å². The number of rotatable bonds is 6. The van der Waals surface area contributed by atoms with Gasteiger partial charge < -0.3 is 10.1 Å². The number of nitrogens with one attached hydrogen (secondary N) is 1. The van der Waals surface area contributed by atoms with Gasteiger partial charge >= 0.3 is 0 Å². The van der Waals surface area contributed by atoms with Crippen LogP contribution < -0.4 is 10.1 Å². The summed E-state index contributed by atoms with van der Waals surface area (Å²) in [5.41, 5.74) is 0. The van der Waals surface area contributed by atoms with Crippen LogP contribution in [0, 0.1) is 6.92 Å². The van der Waals surface area contributed by atoms with Crippen molar-refractivity contribution < 1.29 is 4.74 Å². The summed E-state index contributed by atoms with van der Waals surface area (Å²) in [4.78, 5) is 5.62. The Bertz CT molecular complexity index is 470. The molecule has 1 aromatic carbocycles. The highest BCUT2D eigenvalue weighted by Crippen LogP contribution is 2.18. The Balaban J connectivity index is 1.69. The molecule has 1 aromatic heterocycles. The largest absolute Gasteiger partial charge is 0.492 e. The molecule has 0 radical (unpaired) electrons. The molecule has 0 aliphatic heterocycles. The summed E-state index contributed by atoms with van der Waals surface area (Å²) in [6, 6.07) is 10.1. The summed E-state index contributed by atoms with van der Waals surface area (Å²) < 4.78 is 5.62. The highest BCUT2D eigenvalue weighted by Gasteiger charge is 2.07. The lowest BCUT2D eigenvalue weighted by Crippen LogP contribution is -2.24. The molecule has 0 spiro atoms. The number of nitrogens with zero attached hydrogens (tertiary/aromatic N) is 1. The van der Waals surface area contributed by atoms with Gasteiger partial charge in [-0.05, 0) is 26.0 Å². The summed E-state index contributed by atoms with van der Waals surface area (Å²) in [5.74, 6) is 0.914. The molecular formula is C14H18N2OS. The van der Waals surface area contributed by atoms with Crippen molar-refractivity contribution in [2.24, 2.45) is 0 Å². The average Bonchev–Trinajstić information content (AvgIpc) is 2.82. The van der Waals surface area contributed by atoms with Crippen LogP contribution in [0.3, 0.4) is 0 Å². The molecule has 1 unspecified atom stereocenters. The van der Waals surface area contributed by atoms with Crippen LogP contribution in [0.4, 0.5) is 0 Å². The van der Waals surface area contributed by atoms with Gasteiger partial charge in [-0.3, -0.25) is 0 Å². The minimum atomic E-state index is 0.281. The molecule has 1 atom stereocenters. The third-order valence-corrected chi connectivity index (χ3v) is 3.67. The molecule has 3 nitrogen and oxygen atoms in total. The second-order valence-corrected chi connectivity index (χ2v) is 5.41. The molecule has 0 bridgehead atoms. The molecule has 0 fully saturated rings. The molecule has 0 saturated carbocycles. The van der Waals surface area contributed by atoms with Crippen molar-refractivity contribution in [3.05, 3.63) is 46.4 Å². The maximum absolute atomic E-state index is 5.62. The summed E-state index contributed by atoms with van der Waals surface area (Å²) >= 11 is 1.74. The molecule has 18 heavy (non-hydrogen) atoms. The van der Waals surface area contributed by atoms with Crippen LogP contribution in [0.1, 0.15) is 22.9 Å². The number of para-hydroxylation sites is 1. The van der Waals surface area contributed by atoms with Gasteiger partial charge in [-0.15, -0.1) is 11.3 Å². The minimum Gasteiger partial charge on any atom is -0.492 e. The molecule has 1 heterocycles. The zero-order chi connectivity index (χ0) is 12.8. The molecule has 96 valence electrons. The molecule has 2 rings (SSSR count). The number of aromatic nitrogens is 1. The van der Waals surface area contributed by atoms with E-state index in [-0.39, 0.29) is 6.04 Å². The van der Waals surface area contributed by atoms with E-state index in [1.807, 2.05) is 36.5 Å². The van der Waals surface area contributed by atoms with Gasteiger partial charge in [-0.2, -0.15) is 0 Å². The van der Waals surface area contributed by atoms with Crippen molar-refractivity contribution in [3.8, 4) is 5.75 Å². The van der Waals surface area contributed by atoms with Crippen LogP contribution >= 0.6 is 11.3 Å². The Morgan fingerprint density at radius 3 is 2.78 bits per heavy atom. The molecular weight excluding hydrogens is 244 g/mol. The van der Waals surface area contributed by atoms with E-state index < -0.39 is 0 Å². The van der Waals surface area contributed by atoms with Crippen molar-refractivity contribution >= 4 is 11.3 Å². The number of hydrogen-bond donors (Lipinski definition) is 1. The fourth-order valence-electron chi connectivity index (χ4n) is 1.62. The number of thiazole rings is 1. The SMILES string of the molecule is Cc1cnc(C(C)NCCOc2ccccc2)s1. The Labute approximate surface area is 112 Å². The first-order valence-electron chi connectivity index (χ1n) is 6.09.